The fourth-order valence-corrected chi connectivity index (χ4v) is 1.43. The van der Waals surface area contributed by atoms with E-state index in [4.69, 9.17) is 15.9 Å². The van der Waals surface area contributed by atoms with Gasteiger partial charge in [0.15, 0.2) is 0 Å². The van der Waals surface area contributed by atoms with Gasteiger partial charge in [0.1, 0.15) is 5.84 Å². The average molecular weight is 275 g/mol. The smallest absolute Gasteiger partial charge is 0.384 e. The molecule has 0 spiro atoms. The van der Waals surface area contributed by atoms with Gasteiger partial charge in [0, 0.05) is 24.9 Å². The molecule has 1 aromatic rings. The highest BCUT2D eigenvalue weighted by Gasteiger charge is 2.31. The lowest BCUT2D eigenvalue weighted by Crippen LogP contribution is -2.21. The first-order valence-corrected chi connectivity index (χ1v) is 5.58. The number of methoxy groups -OCH3 is 1. The monoisotopic (exact) mass is 275 g/mol. The van der Waals surface area contributed by atoms with E-state index >= 15 is 0 Å². The second-order valence-electron chi connectivity index (χ2n) is 4.10. The maximum absolute atomic E-state index is 12.6. The highest BCUT2D eigenvalue weighted by atomic mass is 19.4. The molecular weight excluding hydrogens is 259 g/mol. The van der Waals surface area contributed by atoms with Crippen molar-refractivity contribution in [3.8, 4) is 0 Å². The van der Waals surface area contributed by atoms with Gasteiger partial charge in [0.05, 0.1) is 11.7 Å². The molecular formula is C12H16F3N3O. The van der Waals surface area contributed by atoms with Gasteiger partial charge in [-0.25, -0.2) is 0 Å². The summed E-state index contributed by atoms with van der Waals surface area (Å²) in [7, 11) is 1.53. The number of ether oxygens (including phenoxy) is 1. The zero-order valence-electron chi connectivity index (χ0n) is 10.6. The van der Waals surface area contributed by atoms with Crippen molar-refractivity contribution in [2.75, 3.05) is 19.0 Å². The van der Waals surface area contributed by atoms with Gasteiger partial charge in [0.25, 0.3) is 0 Å². The van der Waals surface area contributed by atoms with Gasteiger partial charge < -0.3 is 15.8 Å². The third-order valence-electron chi connectivity index (χ3n) is 2.62. The summed E-state index contributed by atoms with van der Waals surface area (Å²) in [5.74, 6) is -0.418. The molecule has 1 aromatic carbocycles. The van der Waals surface area contributed by atoms with E-state index in [1.165, 1.54) is 13.2 Å². The molecule has 0 saturated heterocycles. The largest absolute Gasteiger partial charge is 0.416 e. The summed E-state index contributed by atoms with van der Waals surface area (Å²) in [5, 5.41) is 10.3. The van der Waals surface area contributed by atoms with E-state index in [1.54, 1.807) is 0 Å². The fraction of sp³-hybridized carbons (Fsp3) is 0.417. The second-order valence-corrected chi connectivity index (χ2v) is 4.10. The maximum atomic E-state index is 12.6. The standard InChI is InChI=1S/C12H16F3N3O/c1-7(19-2)6-18-10-4-3-8(12(13,14)15)5-9(10)11(16)17/h3-5,7,18H,6H2,1-2H3,(H3,16,17). The van der Waals surface area contributed by atoms with Crippen molar-refractivity contribution in [2.45, 2.75) is 19.2 Å². The average Bonchev–Trinajstić information content (AvgIpc) is 2.34. The lowest BCUT2D eigenvalue weighted by Gasteiger charge is -2.16. The summed E-state index contributed by atoms with van der Waals surface area (Å²) in [4.78, 5) is 0. The predicted molar refractivity (Wildman–Crippen MR) is 67.4 cm³/mol. The van der Waals surface area contributed by atoms with Crippen molar-refractivity contribution in [3.63, 3.8) is 0 Å². The topological polar surface area (TPSA) is 71.1 Å². The molecule has 1 atom stereocenters. The number of alkyl halides is 3. The quantitative estimate of drug-likeness (QED) is 0.571. The number of amidine groups is 1. The molecule has 4 N–H and O–H groups in total. The Morgan fingerprint density at radius 2 is 2.11 bits per heavy atom. The van der Waals surface area contributed by atoms with Crippen LogP contribution < -0.4 is 11.1 Å². The number of benzene rings is 1. The number of nitrogen functional groups attached to an aromatic ring is 1. The molecule has 0 saturated carbocycles. The normalized spacial score (nSPS) is 13.1. The molecule has 1 rings (SSSR count). The van der Waals surface area contributed by atoms with Crippen LogP contribution in [0.25, 0.3) is 0 Å². The molecule has 0 heterocycles. The van der Waals surface area contributed by atoms with Crippen LogP contribution in [0.4, 0.5) is 18.9 Å². The highest BCUT2D eigenvalue weighted by Crippen LogP contribution is 2.31. The van der Waals surface area contributed by atoms with Crippen molar-refractivity contribution in [2.24, 2.45) is 5.73 Å². The van der Waals surface area contributed by atoms with E-state index in [0.29, 0.717) is 12.2 Å². The minimum absolute atomic E-state index is 0.0260. The van der Waals surface area contributed by atoms with Gasteiger partial charge >= 0.3 is 6.18 Å². The number of hydrogen-bond donors (Lipinski definition) is 3. The van der Waals surface area contributed by atoms with Crippen LogP contribution in [0.5, 0.6) is 0 Å². The molecule has 0 aliphatic carbocycles. The first-order valence-electron chi connectivity index (χ1n) is 5.58. The Labute approximate surface area is 109 Å². The number of halogens is 3. The third-order valence-corrected chi connectivity index (χ3v) is 2.62. The van der Waals surface area contributed by atoms with Gasteiger partial charge in [-0.05, 0) is 25.1 Å². The van der Waals surface area contributed by atoms with Gasteiger partial charge in [-0.2, -0.15) is 13.2 Å². The van der Waals surface area contributed by atoms with E-state index in [-0.39, 0.29) is 11.7 Å². The summed E-state index contributed by atoms with van der Waals surface area (Å²) < 4.78 is 42.8. The fourth-order valence-electron chi connectivity index (χ4n) is 1.43. The molecule has 4 nitrogen and oxygen atoms in total. The molecule has 0 aromatic heterocycles. The summed E-state index contributed by atoms with van der Waals surface area (Å²) in [6.45, 7) is 2.21. The van der Waals surface area contributed by atoms with Crippen LogP contribution in [0.3, 0.4) is 0 Å². The lowest BCUT2D eigenvalue weighted by atomic mass is 10.1. The third kappa shape index (κ3) is 4.13. The number of hydrogen-bond acceptors (Lipinski definition) is 3. The van der Waals surface area contributed by atoms with Crippen molar-refractivity contribution < 1.29 is 17.9 Å². The van der Waals surface area contributed by atoms with Crippen molar-refractivity contribution >= 4 is 11.5 Å². The molecule has 1 unspecified atom stereocenters. The van der Waals surface area contributed by atoms with E-state index in [9.17, 15) is 13.2 Å². The molecule has 106 valence electrons. The Kier molecular flexibility index (Phi) is 4.77. The van der Waals surface area contributed by atoms with Crippen LogP contribution >= 0.6 is 0 Å². The Morgan fingerprint density at radius 3 is 2.58 bits per heavy atom. The minimum Gasteiger partial charge on any atom is -0.384 e. The molecule has 0 amide bonds. The van der Waals surface area contributed by atoms with Crippen LogP contribution in [-0.2, 0) is 10.9 Å². The van der Waals surface area contributed by atoms with Crippen molar-refractivity contribution in [1.29, 1.82) is 5.41 Å². The van der Waals surface area contributed by atoms with Crippen molar-refractivity contribution in [3.05, 3.63) is 29.3 Å². The summed E-state index contributed by atoms with van der Waals surface area (Å²) >= 11 is 0. The van der Waals surface area contributed by atoms with Gasteiger partial charge in [-0.3, -0.25) is 5.41 Å². The molecule has 0 fully saturated rings. The summed E-state index contributed by atoms with van der Waals surface area (Å²) in [5.41, 5.74) is 4.88. The van der Waals surface area contributed by atoms with Crippen LogP contribution in [-0.4, -0.2) is 25.6 Å². The van der Waals surface area contributed by atoms with Crippen LogP contribution in [0.15, 0.2) is 18.2 Å². The SMILES string of the molecule is COC(C)CNc1ccc(C(F)(F)F)cc1C(=N)N. The van der Waals surface area contributed by atoms with Crippen LogP contribution in [0, 0.1) is 5.41 Å². The van der Waals surface area contributed by atoms with E-state index < -0.39 is 17.6 Å². The van der Waals surface area contributed by atoms with Gasteiger partial charge in [-0.1, -0.05) is 0 Å². The molecule has 0 aliphatic heterocycles. The second kappa shape index (κ2) is 5.92. The molecule has 0 bridgehead atoms. The zero-order chi connectivity index (χ0) is 14.6. The first kappa shape index (κ1) is 15.3. The van der Waals surface area contributed by atoms with E-state index in [0.717, 1.165) is 12.1 Å². The first-order chi connectivity index (χ1) is 8.75. The predicted octanol–water partition coefficient (Wildman–Crippen LogP) is 2.44. The zero-order valence-corrected chi connectivity index (χ0v) is 10.6. The Hall–Kier alpha value is -1.76. The lowest BCUT2D eigenvalue weighted by molar-refractivity contribution is -0.137. The van der Waals surface area contributed by atoms with Crippen LogP contribution in [0.1, 0.15) is 18.1 Å². The Balaban J connectivity index is 3.02. The van der Waals surface area contributed by atoms with Gasteiger partial charge in [0.2, 0.25) is 0 Å². The molecule has 19 heavy (non-hydrogen) atoms. The minimum atomic E-state index is -4.46. The number of rotatable bonds is 5. The number of nitrogens with two attached hydrogens (primary N) is 1. The Bertz CT molecular complexity index is 460. The number of anilines is 1. The summed E-state index contributed by atoms with van der Waals surface area (Å²) in [6.07, 6.45) is -4.56. The molecule has 7 heteroatoms. The van der Waals surface area contributed by atoms with Crippen molar-refractivity contribution in [1.82, 2.24) is 0 Å². The number of nitrogens with one attached hydrogen (secondary N) is 2. The summed E-state index contributed by atoms with van der Waals surface area (Å²) in [6, 6.07) is 3.08. The highest BCUT2D eigenvalue weighted by molar-refractivity contribution is 6.00. The van der Waals surface area contributed by atoms with E-state index in [1.807, 2.05) is 6.92 Å². The molecule has 0 aliphatic rings. The van der Waals surface area contributed by atoms with E-state index in [2.05, 4.69) is 5.32 Å². The Morgan fingerprint density at radius 1 is 1.47 bits per heavy atom. The molecule has 0 radical (unpaired) electrons. The van der Waals surface area contributed by atoms with Gasteiger partial charge in [-0.15, -0.1) is 0 Å². The maximum Gasteiger partial charge on any atom is 0.416 e. The van der Waals surface area contributed by atoms with Crippen LogP contribution in [0.2, 0.25) is 0 Å².